The van der Waals surface area contributed by atoms with Crippen LogP contribution in [0.3, 0.4) is 0 Å². The largest absolute Gasteiger partial charge is 0.352 e. The molecule has 3 aromatic rings. The highest BCUT2D eigenvalue weighted by molar-refractivity contribution is 7.13. The van der Waals surface area contributed by atoms with Gasteiger partial charge in [0.05, 0.1) is 11.4 Å². The highest BCUT2D eigenvalue weighted by atomic mass is 32.1. The number of aryl methyl sites for hydroxylation is 1. The van der Waals surface area contributed by atoms with Crippen LogP contribution >= 0.6 is 11.3 Å². The van der Waals surface area contributed by atoms with Crippen molar-refractivity contribution < 1.29 is 4.39 Å². The number of anilines is 1. The van der Waals surface area contributed by atoms with E-state index in [0.29, 0.717) is 17.9 Å². The Bertz CT molecular complexity index is 890. The van der Waals surface area contributed by atoms with Gasteiger partial charge in [0.2, 0.25) is 0 Å². The van der Waals surface area contributed by atoms with Gasteiger partial charge in [-0.25, -0.2) is 19.3 Å². The van der Waals surface area contributed by atoms with Gasteiger partial charge in [0.1, 0.15) is 11.3 Å². The molecule has 1 aliphatic rings. The molecule has 0 bridgehead atoms. The van der Waals surface area contributed by atoms with Crippen molar-refractivity contribution in [3.63, 3.8) is 0 Å². The molecule has 0 saturated carbocycles. The molecule has 0 unspecified atom stereocenters. The minimum atomic E-state index is -0.277. The van der Waals surface area contributed by atoms with Crippen molar-refractivity contribution >= 4 is 17.2 Å². The lowest BCUT2D eigenvalue weighted by molar-refractivity contribution is 0.246. The first-order valence-corrected chi connectivity index (χ1v) is 10.1. The van der Waals surface area contributed by atoms with Gasteiger partial charge >= 0.3 is 0 Å². The van der Waals surface area contributed by atoms with Crippen LogP contribution in [0.15, 0.2) is 42.0 Å². The predicted octanol–water partition coefficient (Wildman–Crippen LogP) is 3.62. The molecule has 0 radical (unpaired) electrons. The number of benzene rings is 1. The molecule has 0 amide bonds. The molecule has 5 nitrogen and oxygen atoms in total. The van der Waals surface area contributed by atoms with Crippen molar-refractivity contribution in [3.8, 4) is 10.6 Å². The Kier molecular flexibility index (Phi) is 5.40. The van der Waals surface area contributed by atoms with E-state index in [-0.39, 0.29) is 5.82 Å². The fourth-order valence-corrected chi connectivity index (χ4v) is 4.12. The molecule has 0 aliphatic carbocycles. The van der Waals surface area contributed by atoms with Crippen molar-refractivity contribution in [3.05, 3.63) is 59.2 Å². The maximum atomic E-state index is 14.5. The molecular formula is C20H22FN5S. The van der Waals surface area contributed by atoms with Gasteiger partial charge < -0.3 is 4.90 Å². The zero-order valence-electron chi connectivity index (χ0n) is 15.3. The molecule has 0 spiro atoms. The maximum Gasteiger partial charge on any atom is 0.187 e. The van der Waals surface area contributed by atoms with Crippen molar-refractivity contribution in [2.45, 2.75) is 19.9 Å². The number of rotatable bonds is 5. The predicted molar refractivity (Wildman–Crippen MR) is 106 cm³/mol. The van der Waals surface area contributed by atoms with Crippen molar-refractivity contribution in [2.24, 2.45) is 0 Å². The average Bonchev–Trinajstić information content (AvgIpc) is 3.18. The van der Waals surface area contributed by atoms with Gasteiger partial charge in [-0.3, -0.25) is 4.90 Å². The number of halogens is 1. The second-order valence-corrected chi connectivity index (χ2v) is 7.44. The summed E-state index contributed by atoms with van der Waals surface area (Å²) in [5.74, 6) is 0.155. The van der Waals surface area contributed by atoms with E-state index in [2.05, 4.69) is 32.4 Å². The molecule has 0 N–H and O–H groups in total. The lowest BCUT2D eigenvalue weighted by Gasteiger charge is -2.35. The third-order valence-electron chi connectivity index (χ3n) is 4.81. The number of thiazole rings is 1. The number of piperazine rings is 1. The zero-order valence-corrected chi connectivity index (χ0v) is 16.1. The third-order valence-corrected chi connectivity index (χ3v) is 5.75. The van der Waals surface area contributed by atoms with E-state index >= 15 is 0 Å². The molecule has 2 aromatic heterocycles. The first kappa shape index (κ1) is 18.0. The second-order valence-electron chi connectivity index (χ2n) is 6.58. The Morgan fingerprint density at radius 2 is 1.85 bits per heavy atom. The first-order valence-electron chi connectivity index (χ1n) is 9.21. The minimum absolute atomic E-state index is 0.277. The fourth-order valence-electron chi connectivity index (χ4n) is 3.30. The van der Waals surface area contributed by atoms with Crippen LogP contribution in [-0.2, 0) is 13.0 Å². The Balaban J connectivity index is 1.37. The van der Waals surface area contributed by atoms with Gasteiger partial charge in [-0.05, 0) is 6.42 Å². The number of aromatic nitrogens is 3. The summed E-state index contributed by atoms with van der Waals surface area (Å²) >= 11 is 1.68. The fraction of sp³-hybridized carbons (Fsp3) is 0.350. The summed E-state index contributed by atoms with van der Waals surface area (Å²) in [6, 6.07) is 10.3. The molecule has 3 heterocycles. The van der Waals surface area contributed by atoms with E-state index in [1.165, 1.54) is 6.33 Å². The molecule has 0 atom stereocenters. The van der Waals surface area contributed by atoms with Gasteiger partial charge in [-0.1, -0.05) is 37.3 Å². The van der Waals surface area contributed by atoms with Crippen molar-refractivity contribution in [1.82, 2.24) is 19.9 Å². The normalized spacial score (nSPS) is 15.3. The number of nitrogens with zero attached hydrogens (tertiary/aromatic N) is 5. The molecule has 1 aliphatic heterocycles. The van der Waals surface area contributed by atoms with Crippen LogP contribution in [0, 0.1) is 5.82 Å². The van der Waals surface area contributed by atoms with Crippen LogP contribution in [0.1, 0.15) is 18.3 Å². The summed E-state index contributed by atoms with van der Waals surface area (Å²) in [5.41, 5.74) is 2.73. The van der Waals surface area contributed by atoms with Gasteiger partial charge in [-0.2, -0.15) is 0 Å². The highest BCUT2D eigenvalue weighted by Gasteiger charge is 2.22. The molecule has 1 saturated heterocycles. The van der Waals surface area contributed by atoms with Crippen molar-refractivity contribution in [2.75, 3.05) is 31.1 Å². The van der Waals surface area contributed by atoms with Crippen LogP contribution in [-0.4, -0.2) is 46.0 Å². The Morgan fingerprint density at radius 1 is 1.07 bits per heavy atom. The van der Waals surface area contributed by atoms with Crippen LogP contribution < -0.4 is 4.90 Å². The third kappa shape index (κ3) is 3.99. The quantitative estimate of drug-likeness (QED) is 0.673. The van der Waals surface area contributed by atoms with Crippen LogP contribution in [0.5, 0.6) is 0 Å². The Labute approximate surface area is 162 Å². The minimum Gasteiger partial charge on any atom is -0.352 e. The van der Waals surface area contributed by atoms with Crippen LogP contribution in [0.2, 0.25) is 0 Å². The lowest BCUT2D eigenvalue weighted by atomic mass is 10.2. The zero-order chi connectivity index (χ0) is 18.6. The molecule has 7 heteroatoms. The molecule has 27 heavy (non-hydrogen) atoms. The Hall–Kier alpha value is -2.38. The van der Waals surface area contributed by atoms with E-state index in [4.69, 9.17) is 4.98 Å². The smallest absolute Gasteiger partial charge is 0.187 e. The summed E-state index contributed by atoms with van der Waals surface area (Å²) in [5, 5.41) is 3.19. The number of hydrogen-bond donors (Lipinski definition) is 0. The molecule has 1 fully saturated rings. The lowest BCUT2D eigenvalue weighted by Crippen LogP contribution is -2.46. The van der Waals surface area contributed by atoms with Gasteiger partial charge in [0, 0.05) is 43.7 Å². The maximum absolute atomic E-state index is 14.5. The highest BCUT2D eigenvalue weighted by Crippen LogP contribution is 2.25. The van der Waals surface area contributed by atoms with Gasteiger partial charge in [-0.15, -0.1) is 11.3 Å². The summed E-state index contributed by atoms with van der Waals surface area (Å²) < 4.78 is 14.5. The van der Waals surface area contributed by atoms with Gasteiger partial charge in [0.15, 0.2) is 11.6 Å². The summed E-state index contributed by atoms with van der Waals surface area (Å²) in [6.07, 6.45) is 2.04. The second kappa shape index (κ2) is 8.10. The summed E-state index contributed by atoms with van der Waals surface area (Å²) in [4.78, 5) is 17.3. The standard InChI is InChI=1S/C20H22FN5S/c1-2-17-18(21)19(23-14-22-17)26-10-8-25(9-11-26)12-16-13-27-20(24-16)15-6-4-3-5-7-15/h3-7,13-14H,2,8-12H2,1H3. The molecule has 140 valence electrons. The summed E-state index contributed by atoms with van der Waals surface area (Å²) in [7, 11) is 0. The first-order chi connectivity index (χ1) is 13.2. The van der Waals surface area contributed by atoms with E-state index in [9.17, 15) is 4.39 Å². The van der Waals surface area contributed by atoms with Gasteiger partial charge in [0.25, 0.3) is 0 Å². The topological polar surface area (TPSA) is 45.2 Å². The average molecular weight is 383 g/mol. The molecule has 1 aromatic carbocycles. The van der Waals surface area contributed by atoms with Crippen molar-refractivity contribution in [1.29, 1.82) is 0 Å². The number of hydrogen-bond acceptors (Lipinski definition) is 6. The van der Waals surface area contributed by atoms with Crippen LogP contribution in [0.25, 0.3) is 10.6 Å². The Morgan fingerprint density at radius 3 is 2.59 bits per heavy atom. The summed E-state index contributed by atoms with van der Waals surface area (Å²) in [6.45, 7) is 5.97. The molecule has 4 rings (SSSR count). The monoisotopic (exact) mass is 383 g/mol. The SMILES string of the molecule is CCc1ncnc(N2CCN(Cc3csc(-c4ccccc4)n3)CC2)c1F. The van der Waals surface area contributed by atoms with E-state index in [1.807, 2.05) is 30.0 Å². The molecular weight excluding hydrogens is 361 g/mol. The van der Waals surface area contributed by atoms with E-state index < -0.39 is 0 Å². The van der Waals surface area contributed by atoms with E-state index in [0.717, 1.165) is 49.0 Å². The van der Waals surface area contributed by atoms with Crippen LogP contribution in [0.4, 0.5) is 10.2 Å². The van der Waals surface area contributed by atoms with E-state index in [1.54, 1.807) is 11.3 Å².